The Hall–Kier alpha value is -3.68. The van der Waals surface area contributed by atoms with Crippen molar-refractivity contribution in [1.29, 1.82) is 0 Å². The number of carbonyl (C=O) groups excluding carboxylic acids is 2. The number of ether oxygens (including phenoxy) is 2. The predicted octanol–water partition coefficient (Wildman–Crippen LogP) is 2.92. The van der Waals surface area contributed by atoms with Crippen molar-refractivity contribution >= 4 is 23.0 Å². The van der Waals surface area contributed by atoms with Crippen LogP contribution in [0, 0.1) is 10.1 Å². The molecule has 0 bridgehead atoms. The molecular formula is C20H18N2O6. The molecule has 0 N–H and O–H groups in total. The fourth-order valence-electron chi connectivity index (χ4n) is 2.86. The van der Waals surface area contributed by atoms with Gasteiger partial charge in [-0.05, 0) is 38.1 Å². The highest BCUT2D eigenvalue weighted by molar-refractivity contribution is 5.97. The van der Waals surface area contributed by atoms with Gasteiger partial charge in [-0.25, -0.2) is 9.59 Å². The SMILES string of the molecule is CCOC(=O)c1ccc2c(c1)n([O-])c(C(=O)OCC)c(-c1ccccc1)[n+]2=O. The van der Waals surface area contributed by atoms with Crippen LogP contribution in [0.2, 0.25) is 0 Å². The maximum atomic E-state index is 13.1. The van der Waals surface area contributed by atoms with Gasteiger partial charge in [0.1, 0.15) is 5.52 Å². The van der Waals surface area contributed by atoms with Gasteiger partial charge in [-0.3, -0.25) is 0 Å². The maximum absolute atomic E-state index is 13.1. The number of carbonyl (C=O) groups is 2. The van der Waals surface area contributed by atoms with Crippen LogP contribution in [0.3, 0.4) is 0 Å². The van der Waals surface area contributed by atoms with Gasteiger partial charge in [0.2, 0.25) is 5.69 Å². The van der Waals surface area contributed by atoms with Crippen LogP contribution in [0.25, 0.3) is 22.3 Å². The van der Waals surface area contributed by atoms with E-state index in [9.17, 15) is 19.7 Å². The quantitative estimate of drug-likeness (QED) is 0.496. The lowest BCUT2D eigenvalue weighted by molar-refractivity contribution is -0.452. The first-order chi connectivity index (χ1) is 13.5. The lowest BCUT2D eigenvalue weighted by atomic mass is 10.1. The van der Waals surface area contributed by atoms with E-state index in [4.69, 9.17) is 9.47 Å². The number of nitrogens with zero attached hydrogens (tertiary/aromatic N) is 2. The second-order valence-electron chi connectivity index (χ2n) is 5.80. The number of rotatable bonds is 5. The van der Waals surface area contributed by atoms with Gasteiger partial charge in [0.15, 0.2) is 0 Å². The first kappa shape index (κ1) is 19.1. The van der Waals surface area contributed by atoms with Crippen LogP contribution in [0.1, 0.15) is 34.7 Å². The Bertz CT molecular complexity index is 1110. The van der Waals surface area contributed by atoms with Crippen molar-refractivity contribution in [2.45, 2.75) is 13.8 Å². The summed E-state index contributed by atoms with van der Waals surface area (Å²) in [5.41, 5.74) is -0.206. The third-order valence-electron chi connectivity index (χ3n) is 4.07. The molecule has 144 valence electrons. The molecule has 0 radical (unpaired) electrons. The van der Waals surface area contributed by atoms with Gasteiger partial charge >= 0.3 is 17.6 Å². The highest BCUT2D eigenvalue weighted by Crippen LogP contribution is 2.25. The van der Waals surface area contributed by atoms with E-state index in [0.717, 1.165) is 0 Å². The van der Waals surface area contributed by atoms with Crippen molar-refractivity contribution in [3.8, 4) is 11.3 Å². The Kier molecular flexibility index (Phi) is 5.39. The fourth-order valence-corrected chi connectivity index (χ4v) is 2.86. The molecule has 1 aromatic heterocycles. The first-order valence-electron chi connectivity index (χ1n) is 8.72. The molecule has 0 spiro atoms. The minimum Gasteiger partial charge on any atom is -0.805 e. The van der Waals surface area contributed by atoms with E-state index in [-0.39, 0.29) is 35.5 Å². The zero-order valence-electron chi connectivity index (χ0n) is 15.4. The maximum Gasteiger partial charge on any atom is 0.361 e. The molecule has 0 unspecified atom stereocenters. The van der Waals surface area contributed by atoms with Crippen LogP contribution in [0.4, 0.5) is 0 Å². The minimum atomic E-state index is -0.926. The fraction of sp³-hybridized carbons (Fsp3) is 0.200. The summed E-state index contributed by atoms with van der Waals surface area (Å²) in [5, 5.41) is 13.0. The number of benzene rings is 2. The zero-order valence-corrected chi connectivity index (χ0v) is 15.4. The molecule has 0 saturated carbocycles. The molecule has 8 nitrogen and oxygen atoms in total. The Labute approximate surface area is 160 Å². The van der Waals surface area contributed by atoms with Crippen LogP contribution in [0.5, 0.6) is 0 Å². The smallest absolute Gasteiger partial charge is 0.361 e. The second kappa shape index (κ2) is 7.91. The van der Waals surface area contributed by atoms with Crippen molar-refractivity contribution in [3.63, 3.8) is 0 Å². The molecule has 0 aliphatic rings. The highest BCUT2D eigenvalue weighted by Gasteiger charge is 2.30. The number of fused-ring (bicyclic) bond motifs is 1. The van der Waals surface area contributed by atoms with Crippen molar-refractivity contribution < 1.29 is 23.5 Å². The Morgan fingerprint density at radius 1 is 1.00 bits per heavy atom. The van der Waals surface area contributed by atoms with Crippen LogP contribution >= 0.6 is 0 Å². The van der Waals surface area contributed by atoms with E-state index in [2.05, 4.69) is 0 Å². The molecular weight excluding hydrogens is 364 g/mol. The van der Waals surface area contributed by atoms with Gasteiger partial charge in [0.05, 0.1) is 28.8 Å². The summed E-state index contributed by atoms with van der Waals surface area (Å²) >= 11 is 0. The minimum absolute atomic E-state index is 0.00921. The van der Waals surface area contributed by atoms with Gasteiger partial charge < -0.3 is 19.4 Å². The van der Waals surface area contributed by atoms with E-state index in [1.54, 1.807) is 44.2 Å². The standard InChI is InChI=1S/C20H18N2O6/c1-3-27-19(23)14-10-11-15-16(12-14)22(26)18(20(24)28-4-2)17(21(15)25)13-8-6-5-7-9-13/h5-12H,3-4H2,1-2H3. The van der Waals surface area contributed by atoms with Crippen molar-refractivity contribution in [1.82, 2.24) is 4.73 Å². The number of hydrogen-bond donors (Lipinski definition) is 0. The lowest BCUT2D eigenvalue weighted by Gasteiger charge is -2.18. The molecule has 8 heteroatoms. The zero-order chi connectivity index (χ0) is 20.3. The topological polar surface area (TPSA) is 104 Å². The van der Waals surface area contributed by atoms with Gasteiger partial charge in [0, 0.05) is 11.0 Å². The van der Waals surface area contributed by atoms with Crippen molar-refractivity contribution in [3.05, 3.63) is 69.9 Å². The lowest BCUT2D eigenvalue weighted by Crippen LogP contribution is -2.28. The number of hydrogen-bond acceptors (Lipinski definition) is 6. The number of esters is 2. The molecule has 0 atom stereocenters. The van der Waals surface area contributed by atoms with Gasteiger partial charge in [-0.15, -0.1) is 0 Å². The molecule has 1 heterocycles. The molecule has 28 heavy (non-hydrogen) atoms. The average molecular weight is 382 g/mol. The summed E-state index contributed by atoms with van der Waals surface area (Å²) in [6, 6.07) is 12.3. The Morgan fingerprint density at radius 3 is 2.29 bits per heavy atom. The molecule has 0 aliphatic carbocycles. The van der Waals surface area contributed by atoms with Crippen LogP contribution < -0.4 is 4.43 Å². The summed E-state index contributed by atoms with van der Waals surface area (Å²) in [7, 11) is 0. The molecule has 0 fully saturated rings. The summed E-state index contributed by atoms with van der Waals surface area (Å²) in [6.45, 7) is 3.45. The van der Waals surface area contributed by atoms with Crippen LogP contribution in [-0.4, -0.2) is 29.9 Å². The van der Waals surface area contributed by atoms with Crippen LogP contribution in [0.15, 0.2) is 48.5 Å². The Balaban J connectivity index is 2.36. The molecule has 0 saturated heterocycles. The van der Waals surface area contributed by atoms with Crippen LogP contribution in [-0.2, 0) is 9.47 Å². The Morgan fingerprint density at radius 2 is 1.64 bits per heavy atom. The second-order valence-corrected chi connectivity index (χ2v) is 5.80. The third kappa shape index (κ3) is 3.32. The first-order valence-corrected chi connectivity index (χ1v) is 8.72. The third-order valence-corrected chi connectivity index (χ3v) is 4.07. The normalized spacial score (nSPS) is 10.6. The van der Waals surface area contributed by atoms with Gasteiger partial charge in [0.25, 0.3) is 5.52 Å². The van der Waals surface area contributed by atoms with Crippen molar-refractivity contribution in [2.75, 3.05) is 13.2 Å². The number of aromatic nitrogens is 2. The summed E-state index contributed by atoms with van der Waals surface area (Å²) in [4.78, 5) is 37.5. The van der Waals surface area contributed by atoms with E-state index < -0.39 is 17.6 Å². The predicted molar refractivity (Wildman–Crippen MR) is 101 cm³/mol. The monoisotopic (exact) mass is 382 g/mol. The molecule has 2 aromatic carbocycles. The van der Waals surface area contributed by atoms with Crippen molar-refractivity contribution in [2.24, 2.45) is 0 Å². The van der Waals surface area contributed by atoms with Gasteiger partial charge in [-0.1, -0.05) is 18.2 Å². The van der Waals surface area contributed by atoms with Gasteiger partial charge in [-0.2, -0.15) is 0 Å². The van der Waals surface area contributed by atoms with E-state index in [1.807, 2.05) is 0 Å². The van der Waals surface area contributed by atoms with E-state index in [0.29, 0.717) is 14.7 Å². The van der Waals surface area contributed by atoms with E-state index in [1.165, 1.54) is 18.2 Å². The highest BCUT2D eigenvalue weighted by atomic mass is 16.5. The van der Waals surface area contributed by atoms with E-state index >= 15 is 0 Å². The average Bonchev–Trinajstić information content (AvgIpc) is 2.71. The molecule has 0 aliphatic heterocycles. The largest absolute Gasteiger partial charge is 0.805 e. The molecule has 3 rings (SSSR count). The summed E-state index contributed by atoms with van der Waals surface area (Å²) in [6.07, 6.45) is 0. The summed E-state index contributed by atoms with van der Waals surface area (Å²) < 4.78 is 10.7. The molecule has 3 aromatic rings. The molecule has 0 amide bonds. The summed E-state index contributed by atoms with van der Waals surface area (Å²) in [5.74, 6) is -1.56.